The minimum atomic E-state index is -3.64. The van der Waals surface area contributed by atoms with Gasteiger partial charge in [-0.25, -0.2) is 8.42 Å². The third-order valence-corrected chi connectivity index (χ3v) is 8.14. The molecule has 3 aromatic carbocycles. The molecular weight excluding hydrogens is 422 g/mol. The first-order valence-electron chi connectivity index (χ1n) is 10.7. The Bertz CT molecular complexity index is 1270. The fraction of sp³-hybridized carbons (Fsp3) is 0.240. The first kappa shape index (κ1) is 22.0. The lowest BCUT2D eigenvalue weighted by Crippen LogP contribution is -2.34. The van der Waals surface area contributed by atoms with Gasteiger partial charge in [-0.15, -0.1) is 0 Å². The highest BCUT2D eigenvalue weighted by molar-refractivity contribution is 7.89. The summed E-state index contributed by atoms with van der Waals surface area (Å²) in [6.45, 7) is 4.05. The van der Waals surface area contributed by atoms with Crippen molar-refractivity contribution in [2.75, 3.05) is 17.6 Å². The molecule has 0 bridgehead atoms. The van der Waals surface area contributed by atoms with Crippen molar-refractivity contribution >= 4 is 27.3 Å². The van der Waals surface area contributed by atoms with E-state index in [1.165, 1.54) is 0 Å². The number of nitrogens with two attached hydrogens (primary N) is 1. The predicted molar refractivity (Wildman–Crippen MR) is 127 cm³/mol. The Labute approximate surface area is 189 Å². The Hall–Kier alpha value is -3.16. The lowest BCUT2D eigenvalue weighted by Gasteiger charge is -2.28. The van der Waals surface area contributed by atoms with Crippen LogP contribution in [0.2, 0.25) is 0 Å². The van der Waals surface area contributed by atoms with Crippen molar-refractivity contribution in [2.45, 2.75) is 37.6 Å². The molecule has 7 heteroatoms. The molecule has 1 aliphatic rings. The zero-order chi connectivity index (χ0) is 22.9. The van der Waals surface area contributed by atoms with E-state index in [9.17, 15) is 13.2 Å². The number of hydrogen-bond donors (Lipinski definition) is 2. The van der Waals surface area contributed by atoms with Gasteiger partial charge in [0.15, 0.2) is 0 Å². The Kier molecular flexibility index (Phi) is 6.04. The summed E-state index contributed by atoms with van der Waals surface area (Å²) in [5, 5.41) is 2.84. The number of anilines is 2. The zero-order valence-corrected chi connectivity index (χ0v) is 19.0. The number of carbonyl (C=O) groups is 1. The fourth-order valence-corrected chi connectivity index (χ4v) is 6.24. The number of fused-ring (bicyclic) bond motifs is 1. The van der Waals surface area contributed by atoms with Crippen LogP contribution in [0, 0.1) is 6.92 Å². The van der Waals surface area contributed by atoms with Gasteiger partial charge in [-0.05, 0) is 66.8 Å². The molecule has 32 heavy (non-hydrogen) atoms. The highest BCUT2D eigenvalue weighted by Gasteiger charge is 2.36. The summed E-state index contributed by atoms with van der Waals surface area (Å²) in [7, 11) is -3.64. The van der Waals surface area contributed by atoms with E-state index in [1.54, 1.807) is 34.6 Å². The van der Waals surface area contributed by atoms with E-state index in [-0.39, 0.29) is 11.9 Å². The van der Waals surface area contributed by atoms with Gasteiger partial charge in [0.2, 0.25) is 10.0 Å². The summed E-state index contributed by atoms with van der Waals surface area (Å²) in [6, 6.07) is 19.4. The molecule has 0 aromatic heterocycles. The average molecular weight is 450 g/mol. The number of nitrogens with one attached hydrogen (secondary N) is 1. The van der Waals surface area contributed by atoms with Crippen LogP contribution in [0.4, 0.5) is 11.4 Å². The van der Waals surface area contributed by atoms with Gasteiger partial charge >= 0.3 is 0 Å². The van der Waals surface area contributed by atoms with Crippen LogP contribution in [-0.4, -0.2) is 25.2 Å². The SMILES string of the molecule is CCN(C1CCc2cc(C(=O)Nc3ccccc3N)ccc21)S(=O)(=O)c1ccccc1C. The first-order valence-corrected chi connectivity index (χ1v) is 12.1. The maximum Gasteiger partial charge on any atom is 0.255 e. The molecule has 0 saturated heterocycles. The number of rotatable bonds is 6. The van der Waals surface area contributed by atoms with Crippen LogP contribution in [0.1, 0.15) is 46.4 Å². The van der Waals surface area contributed by atoms with Gasteiger partial charge in [0, 0.05) is 12.1 Å². The minimum Gasteiger partial charge on any atom is -0.397 e. The number of aryl methyl sites for hydroxylation is 2. The van der Waals surface area contributed by atoms with Crippen molar-refractivity contribution in [1.29, 1.82) is 0 Å². The van der Waals surface area contributed by atoms with Crippen molar-refractivity contribution in [1.82, 2.24) is 4.31 Å². The van der Waals surface area contributed by atoms with Crippen LogP contribution in [0.5, 0.6) is 0 Å². The number of hydrogen-bond acceptors (Lipinski definition) is 4. The van der Waals surface area contributed by atoms with Crippen molar-refractivity contribution in [3.8, 4) is 0 Å². The van der Waals surface area contributed by atoms with Crippen molar-refractivity contribution in [3.63, 3.8) is 0 Å². The van der Waals surface area contributed by atoms with Gasteiger partial charge in [0.05, 0.1) is 22.3 Å². The molecule has 0 heterocycles. The minimum absolute atomic E-state index is 0.242. The highest BCUT2D eigenvalue weighted by atomic mass is 32.2. The van der Waals surface area contributed by atoms with Crippen molar-refractivity contribution < 1.29 is 13.2 Å². The van der Waals surface area contributed by atoms with E-state index in [0.29, 0.717) is 41.2 Å². The van der Waals surface area contributed by atoms with Gasteiger partial charge in [0.25, 0.3) is 5.91 Å². The topological polar surface area (TPSA) is 92.5 Å². The molecule has 1 amide bonds. The predicted octanol–water partition coefficient (Wildman–Crippen LogP) is 4.53. The van der Waals surface area contributed by atoms with E-state index < -0.39 is 10.0 Å². The van der Waals surface area contributed by atoms with Crippen LogP contribution < -0.4 is 11.1 Å². The molecule has 0 aliphatic heterocycles. The number of para-hydroxylation sites is 2. The normalized spacial score (nSPS) is 15.5. The van der Waals surface area contributed by atoms with E-state index in [1.807, 2.05) is 50.2 Å². The largest absolute Gasteiger partial charge is 0.397 e. The number of sulfonamides is 1. The van der Waals surface area contributed by atoms with Crippen LogP contribution in [0.25, 0.3) is 0 Å². The number of benzene rings is 3. The summed E-state index contributed by atoms with van der Waals surface area (Å²) in [5.74, 6) is -0.242. The number of nitrogens with zero attached hydrogens (tertiary/aromatic N) is 1. The second-order valence-corrected chi connectivity index (χ2v) is 9.84. The molecule has 0 radical (unpaired) electrons. The molecule has 6 nitrogen and oxygen atoms in total. The third kappa shape index (κ3) is 4.01. The van der Waals surface area contributed by atoms with Gasteiger partial charge in [-0.2, -0.15) is 4.31 Å². The standard InChI is InChI=1S/C25H27N3O3S/c1-3-28(32(30,31)24-11-7-4-8-17(24)2)23-15-13-18-16-19(12-14-20(18)23)25(29)27-22-10-6-5-9-21(22)26/h4-12,14,16,23H,3,13,15,26H2,1-2H3,(H,27,29). The molecule has 0 saturated carbocycles. The van der Waals surface area contributed by atoms with Gasteiger partial charge < -0.3 is 11.1 Å². The molecule has 3 aromatic rings. The van der Waals surface area contributed by atoms with Gasteiger partial charge in [-0.3, -0.25) is 4.79 Å². The number of amides is 1. The molecule has 1 aliphatic carbocycles. The molecule has 0 fully saturated rings. The maximum atomic E-state index is 13.4. The van der Waals surface area contributed by atoms with Crippen molar-refractivity contribution in [2.24, 2.45) is 0 Å². The Morgan fingerprint density at radius 3 is 2.53 bits per heavy atom. The molecule has 0 spiro atoms. The average Bonchev–Trinajstić information content (AvgIpc) is 3.18. The number of nitrogen functional groups attached to an aromatic ring is 1. The summed E-state index contributed by atoms with van der Waals surface area (Å²) >= 11 is 0. The fourth-order valence-electron chi connectivity index (χ4n) is 4.37. The van der Waals surface area contributed by atoms with E-state index in [4.69, 9.17) is 5.73 Å². The van der Waals surface area contributed by atoms with Gasteiger partial charge in [-0.1, -0.05) is 43.3 Å². The van der Waals surface area contributed by atoms with Crippen molar-refractivity contribution in [3.05, 3.63) is 89.0 Å². The summed E-state index contributed by atoms with van der Waals surface area (Å²) in [4.78, 5) is 13.1. The molecule has 3 N–H and O–H groups in total. The molecule has 1 atom stereocenters. The van der Waals surface area contributed by atoms with Crippen LogP contribution >= 0.6 is 0 Å². The smallest absolute Gasteiger partial charge is 0.255 e. The summed E-state index contributed by atoms with van der Waals surface area (Å²) in [6.07, 6.45) is 1.40. The molecule has 1 unspecified atom stereocenters. The Morgan fingerprint density at radius 2 is 1.81 bits per heavy atom. The second-order valence-electron chi connectivity index (χ2n) is 7.98. The summed E-state index contributed by atoms with van der Waals surface area (Å²) < 4.78 is 28.5. The Morgan fingerprint density at radius 1 is 1.09 bits per heavy atom. The lowest BCUT2D eigenvalue weighted by molar-refractivity contribution is 0.102. The number of carbonyl (C=O) groups excluding carboxylic acids is 1. The zero-order valence-electron chi connectivity index (χ0n) is 18.2. The lowest BCUT2D eigenvalue weighted by atomic mass is 10.0. The van der Waals surface area contributed by atoms with Crippen LogP contribution in [0.3, 0.4) is 0 Å². The second kappa shape index (κ2) is 8.76. The highest BCUT2D eigenvalue weighted by Crippen LogP contribution is 2.39. The van der Waals surface area contributed by atoms with E-state index in [0.717, 1.165) is 16.7 Å². The summed E-state index contributed by atoms with van der Waals surface area (Å²) in [5.41, 5.74) is 10.2. The van der Waals surface area contributed by atoms with E-state index in [2.05, 4.69) is 5.32 Å². The maximum absolute atomic E-state index is 13.4. The van der Waals surface area contributed by atoms with Gasteiger partial charge in [0.1, 0.15) is 0 Å². The van der Waals surface area contributed by atoms with Crippen LogP contribution in [-0.2, 0) is 16.4 Å². The molecule has 166 valence electrons. The monoisotopic (exact) mass is 449 g/mol. The van der Waals surface area contributed by atoms with E-state index >= 15 is 0 Å². The Balaban J connectivity index is 1.61. The van der Waals surface area contributed by atoms with Crippen LogP contribution in [0.15, 0.2) is 71.6 Å². The first-order chi connectivity index (χ1) is 15.3. The molecular formula is C25H27N3O3S. The third-order valence-electron chi connectivity index (χ3n) is 6.00. The molecule has 4 rings (SSSR count). The quantitative estimate of drug-likeness (QED) is 0.541.